The van der Waals surface area contributed by atoms with E-state index in [1.807, 2.05) is 0 Å². The summed E-state index contributed by atoms with van der Waals surface area (Å²) in [4.78, 5) is 10.9. The maximum absolute atomic E-state index is 10.9. The normalized spacial score (nSPS) is 44.1. The Hall–Kier alpha value is -1.03. The number of carbonyl (C=O) groups is 1. The molecule has 102 valence electrons. The minimum atomic E-state index is -1.50. The Morgan fingerprint density at radius 1 is 1.28 bits per heavy atom. The van der Waals surface area contributed by atoms with E-state index in [2.05, 4.69) is 5.32 Å². The zero-order valence-corrected chi connectivity index (χ0v) is 9.34. The van der Waals surface area contributed by atoms with E-state index in [1.165, 1.54) is 12.2 Å². The summed E-state index contributed by atoms with van der Waals surface area (Å²) in [5, 5.41) is 40.1. The van der Waals surface area contributed by atoms with Gasteiger partial charge in [-0.3, -0.25) is 4.79 Å². The van der Waals surface area contributed by atoms with E-state index in [1.54, 1.807) is 0 Å². The van der Waals surface area contributed by atoms with Crippen LogP contribution in [0.2, 0.25) is 0 Å². The average Bonchev–Trinajstić information content (AvgIpc) is 2.75. The molecule has 2 aliphatic rings. The van der Waals surface area contributed by atoms with Crippen LogP contribution >= 0.6 is 0 Å². The maximum Gasteiger partial charge on any atom is 0.246 e. The number of amides is 1. The molecule has 0 bridgehead atoms. The molecule has 0 aromatic carbocycles. The monoisotopic (exact) mass is 261 g/mol. The van der Waals surface area contributed by atoms with Crippen LogP contribution in [0.1, 0.15) is 0 Å². The Bertz CT molecular complexity index is 345. The highest BCUT2D eigenvalue weighted by Gasteiger charge is 2.44. The largest absolute Gasteiger partial charge is 0.394 e. The van der Waals surface area contributed by atoms with Gasteiger partial charge < -0.3 is 35.2 Å². The summed E-state index contributed by atoms with van der Waals surface area (Å²) < 4.78 is 10.3. The smallest absolute Gasteiger partial charge is 0.246 e. The molecule has 8 nitrogen and oxygen atoms in total. The van der Waals surface area contributed by atoms with Crippen molar-refractivity contribution in [3.8, 4) is 0 Å². The molecule has 1 unspecified atom stereocenters. The molecule has 1 saturated heterocycles. The number of ether oxygens (including phenoxy) is 2. The molecule has 0 saturated carbocycles. The van der Waals surface area contributed by atoms with E-state index in [9.17, 15) is 20.1 Å². The molecule has 6 atom stereocenters. The van der Waals surface area contributed by atoms with E-state index in [0.717, 1.165) is 0 Å². The van der Waals surface area contributed by atoms with Crippen LogP contribution in [0, 0.1) is 0 Å². The summed E-state index contributed by atoms with van der Waals surface area (Å²) >= 11 is 0. The summed E-state index contributed by atoms with van der Waals surface area (Å²) in [6.07, 6.45) is -4.80. The lowest BCUT2D eigenvalue weighted by Crippen LogP contribution is -2.60. The molecule has 0 spiro atoms. The first kappa shape index (κ1) is 13.4. The van der Waals surface area contributed by atoms with Gasteiger partial charge >= 0.3 is 0 Å². The van der Waals surface area contributed by atoms with E-state index in [-0.39, 0.29) is 5.91 Å². The van der Waals surface area contributed by atoms with Gasteiger partial charge in [0.1, 0.15) is 24.4 Å². The third kappa shape index (κ3) is 2.53. The standard InChI is InChI=1S/C10H15NO7/c12-3-4-7(14)8(15)9(16)10(17-4)18-6-2-1-5(13)11-6/h1-2,4,6-10,12,14-16H,3H2,(H,11,13)/t4-,6?,7-,8+,9-,10+/m1/s1. The van der Waals surface area contributed by atoms with Crippen LogP contribution in [0.5, 0.6) is 0 Å². The van der Waals surface area contributed by atoms with Gasteiger partial charge in [0.25, 0.3) is 0 Å². The number of hydrogen-bond acceptors (Lipinski definition) is 7. The summed E-state index contributed by atoms with van der Waals surface area (Å²) in [5.74, 6) is -0.343. The Labute approximate surface area is 102 Å². The van der Waals surface area contributed by atoms with Gasteiger partial charge in [0, 0.05) is 6.08 Å². The molecule has 2 aliphatic heterocycles. The van der Waals surface area contributed by atoms with Gasteiger partial charge in [-0.1, -0.05) is 0 Å². The predicted octanol–water partition coefficient (Wildman–Crippen LogP) is -3.18. The molecule has 5 N–H and O–H groups in total. The fourth-order valence-corrected chi connectivity index (χ4v) is 1.81. The summed E-state index contributed by atoms with van der Waals surface area (Å²) in [5.41, 5.74) is 0. The lowest BCUT2D eigenvalue weighted by atomic mass is 9.99. The van der Waals surface area contributed by atoms with Crippen LogP contribution in [0.15, 0.2) is 12.2 Å². The van der Waals surface area contributed by atoms with Crippen molar-refractivity contribution in [2.75, 3.05) is 6.61 Å². The lowest BCUT2D eigenvalue weighted by Gasteiger charge is -2.40. The van der Waals surface area contributed by atoms with Crippen molar-refractivity contribution >= 4 is 5.91 Å². The Morgan fingerprint density at radius 3 is 2.56 bits per heavy atom. The van der Waals surface area contributed by atoms with Crippen LogP contribution < -0.4 is 5.32 Å². The van der Waals surface area contributed by atoms with Gasteiger partial charge in [-0.05, 0) is 6.08 Å². The highest BCUT2D eigenvalue weighted by atomic mass is 16.7. The highest BCUT2D eigenvalue weighted by Crippen LogP contribution is 2.23. The maximum atomic E-state index is 10.9. The number of aliphatic hydroxyl groups is 4. The van der Waals surface area contributed by atoms with Crippen LogP contribution in [0.3, 0.4) is 0 Å². The van der Waals surface area contributed by atoms with E-state index in [0.29, 0.717) is 0 Å². The van der Waals surface area contributed by atoms with Crippen molar-refractivity contribution in [1.29, 1.82) is 0 Å². The summed E-state index contributed by atoms with van der Waals surface area (Å²) in [6.45, 7) is -0.530. The minimum absolute atomic E-state index is 0.343. The first-order valence-electron chi connectivity index (χ1n) is 5.47. The lowest BCUT2D eigenvalue weighted by molar-refractivity contribution is -0.308. The third-order valence-corrected chi connectivity index (χ3v) is 2.84. The molecule has 8 heteroatoms. The summed E-state index contributed by atoms with van der Waals surface area (Å²) in [6, 6.07) is 0. The second-order valence-corrected chi connectivity index (χ2v) is 4.12. The fourth-order valence-electron chi connectivity index (χ4n) is 1.81. The van der Waals surface area contributed by atoms with Crippen molar-refractivity contribution < 1.29 is 34.7 Å². The number of rotatable bonds is 3. The second-order valence-electron chi connectivity index (χ2n) is 4.12. The molecular formula is C10H15NO7. The molecule has 2 rings (SSSR count). The Kier molecular flexibility index (Phi) is 3.95. The Morgan fingerprint density at radius 2 is 2.00 bits per heavy atom. The van der Waals surface area contributed by atoms with Gasteiger partial charge in [0.05, 0.1) is 6.61 Å². The van der Waals surface area contributed by atoms with Crippen molar-refractivity contribution in [3.05, 3.63) is 12.2 Å². The van der Waals surface area contributed by atoms with Crippen LogP contribution in [-0.2, 0) is 14.3 Å². The molecule has 0 aromatic heterocycles. The van der Waals surface area contributed by atoms with Crippen molar-refractivity contribution in [3.63, 3.8) is 0 Å². The van der Waals surface area contributed by atoms with Gasteiger partial charge in [-0.25, -0.2) is 0 Å². The molecule has 1 fully saturated rings. The quantitative estimate of drug-likeness (QED) is 0.362. The third-order valence-electron chi connectivity index (χ3n) is 2.84. The molecule has 0 aromatic rings. The van der Waals surface area contributed by atoms with Crippen LogP contribution in [0.25, 0.3) is 0 Å². The van der Waals surface area contributed by atoms with Gasteiger partial charge in [0.2, 0.25) is 5.91 Å². The first-order chi connectivity index (χ1) is 8.52. The second kappa shape index (κ2) is 5.31. The van der Waals surface area contributed by atoms with Crippen LogP contribution in [-0.4, -0.2) is 69.9 Å². The zero-order chi connectivity index (χ0) is 13.3. The minimum Gasteiger partial charge on any atom is -0.394 e. The number of hydrogen-bond donors (Lipinski definition) is 5. The SMILES string of the molecule is O=C1C=CC(O[C@@H]2O[C@H](CO)[C@@H](O)[C@H](O)[C@H]2O)N1. The van der Waals surface area contributed by atoms with Crippen molar-refractivity contribution in [2.45, 2.75) is 36.9 Å². The zero-order valence-electron chi connectivity index (χ0n) is 9.34. The predicted molar refractivity (Wildman–Crippen MR) is 55.9 cm³/mol. The molecule has 1 amide bonds. The van der Waals surface area contributed by atoms with Gasteiger partial charge in [0.15, 0.2) is 12.5 Å². The van der Waals surface area contributed by atoms with E-state index in [4.69, 9.17) is 14.6 Å². The average molecular weight is 261 g/mol. The Balaban J connectivity index is 1.99. The molecule has 2 heterocycles. The van der Waals surface area contributed by atoms with Gasteiger partial charge in [-0.15, -0.1) is 0 Å². The molecule has 18 heavy (non-hydrogen) atoms. The molecule has 0 aliphatic carbocycles. The number of carbonyl (C=O) groups excluding carboxylic acids is 1. The van der Waals surface area contributed by atoms with Crippen LogP contribution in [0.4, 0.5) is 0 Å². The van der Waals surface area contributed by atoms with Crippen molar-refractivity contribution in [1.82, 2.24) is 5.32 Å². The van der Waals surface area contributed by atoms with E-state index >= 15 is 0 Å². The highest BCUT2D eigenvalue weighted by molar-refractivity contribution is 5.90. The van der Waals surface area contributed by atoms with Gasteiger partial charge in [-0.2, -0.15) is 0 Å². The molecular weight excluding hydrogens is 246 g/mol. The number of nitrogens with one attached hydrogen (secondary N) is 1. The first-order valence-corrected chi connectivity index (χ1v) is 5.47. The molecule has 0 radical (unpaired) electrons. The summed E-state index contributed by atoms with van der Waals surface area (Å²) in [7, 11) is 0. The fraction of sp³-hybridized carbons (Fsp3) is 0.700. The van der Waals surface area contributed by atoms with Crippen molar-refractivity contribution in [2.24, 2.45) is 0 Å². The van der Waals surface area contributed by atoms with E-state index < -0.39 is 43.5 Å². The number of aliphatic hydroxyl groups excluding tert-OH is 4. The topological polar surface area (TPSA) is 128 Å².